The number of nitrogens with zero attached hydrogens (tertiary/aromatic N) is 3. The molecule has 0 radical (unpaired) electrons. The van der Waals surface area contributed by atoms with Crippen LogP contribution in [0.5, 0.6) is 0 Å². The Balaban J connectivity index is 1.84. The largest absolute Gasteiger partial charge is 0.377 e. The monoisotopic (exact) mass is 293 g/mol. The van der Waals surface area contributed by atoms with Crippen LogP contribution in [0.15, 0.2) is 24.4 Å². The fourth-order valence-electron chi connectivity index (χ4n) is 2.12. The summed E-state index contributed by atoms with van der Waals surface area (Å²) in [6, 6.07) is 5.91. The maximum Gasteiger partial charge on any atom is 0.248 e. The lowest BCUT2D eigenvalue weighted by Gasteiger charge is -2.23. The van der Waals surface area contributed by atoms with Gasteiger partial charge in [0.25, 0.3) is 0 Å². The number of ether oxygens (including phenoxy) is 2. The van der Waals surface area contributed by atoms with E-state index in [4.69, 9.17) is 9.47 Å². The van der Waals surface area contributed by atoms with Gasteiger partial charge in [-0.15, -0.1) is 0 Å². The molecule has 1 aromatic rings. The Labute approximate surface area is 125 Å². The van der Waals surface area contributed by atoms with Crippen molar-refractivity contribution in [1.29, 1.82) is 0 Å². The Morgan fingerprint density at radius 2 is 2.38 bits per heavy atom. The molecule has 1 amide bonds. The van der Waals surface area contributed by atoms with Crippen LogP contribution in [0.2, 0.25) is 0 Å². The Bertz CT molecular complexity index is 439. The van der Waals surface area contributed by atoms with Crippen molar-refractivity contribution < 1.29 is 14.3 Å². The van der Waals surface area contributed by atoms with Crippen LogP contribution in [0.25, 0.3) is 0 Å². The van der Waals surface area contributed by atoms with Crippen molar-refractivity contribution in [3.63, 3.8) is 0 Å². The maximum atomic E-state index is 11.6. The average Bonchev–Trinajstić information content (AvgIpc) is 2.71. The fraction of sp³-hybridized carbons (Fsp3) is 0.600. The lowest BCUT2D eigenvalue weighted by molar-refractivity contribution is -0.136. The summed E-state index contributed by atoms with van der Waals surface area (Å²) in [5.41, 5.74) is 1.03. The van der Waals surface area contributed by atoms with Crippen LogP contribution < -0.4 is 0 Å². The minimum absolute atomic E-state index is 0.0319. The Hall–Kier alpha value is -1.50. The Kier molecular flexibility index (Phi) is 6.10. The molecule has 6 nitrogen and oxygen atoms in total. The first-order valence-electron chi connectivity index (χ1n) is 7.17. The molecule has 1 saturated heterocycles. The molecule has 1 aromatic heterocycles. The minimum atomic E-state index is -0.0832. The summed E-state index contributed by atoms with van der Waals surface area (Å²) in [5, 5.41) is 0. The van der Waals surface area contributed by atoms with E-state index >= 15 is 0 Å². The first-order chi connectivity index (χ1) is 10.1. The molecule has 0 aromatic carbocycles. The van der Waals surface area contributed by atoms with Crippen molar-refractivity contribution >= 4 is 5.91 Å². The van der Waals surface area contributed by atoms with Gasteiger partial charge in [-0.25, -0.2) is 0 Å². The third kappa shape index (κ3) is 5.41. The number of rotatable bonds is 5. The van der Waals surface area contributed by atoms with Crippen LogP contribution in [0.4, 0.5) is 0 Å². The van der Waals surface area contributed by atoms with E-state index < -0.39 is 0 Å². The van der Waals surface area contributed by atoms with Gasteiger partial charge in [-0.05, 0) is 12.1 Å². The third-order valence-corrected chi connectivity index (χ3v) is 3.37. The van der Waals surface area contributed by atoms with Gasteiger partial charge >= 0.3 is 0 Å². The van der Waals surface area contributed by atoms with Gasteiger partial charge < -0.3 is 14.4 Å². The molecule has 2 heterocycles. The van der Waals surface area contributed by atoms with Crippen LogP contribution in [0, 0.1) is 0 Å². The van der Waals surface area contributed by atoms with E-state index in [1.165, 1.54) is 4.90 Å². The summed E-state index contributed by atoms with van der Waals surface area (Å²) in [5.74, 6) is -0.0319. The average molecular weight is 293 g/mol. The van der Waals surface area contributed by atoms with E-state index in [1.807, 2.05) is 18.2 Å². The summed E-state index contributed by atoms with van der Waals surface area (Å²) in [6.07, 6.45) is 1.72. The number of hydrogen-bond acceptors (Lipinski definition) is 5. The van der Waals surface area contributed by atoms with Crippen LogP contribution in [0.3, 0.4) is 0 Å². The van der Waals surface area contributed by atoms with E-state index in [1.54, 1.807) is 20.3 Å². The lowest BCUT2D eigenvalue weighted by Crippen LogP contribution is -2.36. The van der Waals surface area contributed by atoms with Gasteiger partial charge in [0.2, 0.25) is 5.91 Å². The predicted octanol–water partition coefficient (Wildman–Crippen LogP) is 0.387. The van der Waals surface area contributed by atoms with Crippen LogP contribution >= 0.6 is 0 Å². The quantitative estimate of drug-likeness (QED) is 0.786. The molecule has 2 rings (SSSR count). The number of carbonyl (C=O) groups is 1. The second-order valence-electron chi connectivity index (χ2n) is 5.35. The molecule has 0 bridgehead atoms. The summed E-state index contributed by atoms with van der Waals surface area (Å²) in [7, 11) is 3.45. The zero-order chi connectivity index (χ0) is 15.1. The van der Waals surface area contributed by atoms with Gasteiger partial charge in [-0.3, -0.25) is 14.7 Å². The number of amides is 1. The fourth-order valence-corrected chi connectivity index (χ4v) is 2.12. The van der Waals surface area contributed by atoms with Gasteiger partial charge in [-0.2, -0.15) is 0 Å². The summed E-state index contributed by atoms with van der Waals surface area (Å²) in [4.78, 5) is 19.7. The Morgan fingerprint density at radius 1 is 1.52 bits per heavy atom. The second kappa shape index (κ2) is 8.07. The number of likely N-dealkylation sites (N-methyl/N-ethyl adjacent to an activating group) is 1. The van der Waals surface area contributed by atoms with Crippen LogP contribution in [-0.4, -0.2) is 73.8 Å². The van der Waals surface area contributed by atoms with E-state index in [0.29, 0.717) is 13.2 Å². The molecule has 0 N–H and O–H groups in total. The molecule has 1 aliphatic heterocycles. The molecule has 116 valence electrons. The highest BCUT2D eigenvalue weighted by molar-refractivity contribution is 5.76. The summed E-state index contributed by atoms with van der Waals surface area (Å²) in [6.45, 7) is 3.66. The first-order valence-corrected chi connectivity index (χ1v) is 7.17. The van der Waals surface area contributed by atoms with Crippen molar-refractivity contribution in [2.24, 2.45) is 0 Å². The molecule has 0 aliphatic carbocycles. The number of pyridine rings is 1. The van der Waals surface area contributed by atoms with E-state index in [9.17, 15) is 4.79 Å². The van der Waals surface area contributed by atoms with Crippen molar-refractivity contribution in [3.8, 4) is 0 Å². The van der Waals surface area contributed by atoms with Gasteiger partial charge in [0, 0.05) is 39.9 Å². The van der Waals surface area contributed by atoms with Crippen molar-refractivity contribution in [2.45, 2.75) is 12.6 Å². The molecule has 1 fully saturated rings. The van der Waals surface area contributed by atoms with Crippen molar-refractivity contribution in [2.75, 3.05) is 47.0 Å². The molecule has 0 saturated carbocycles. The van der Waals surface area contributed by atoms with Crippen molar-refractivity contribution in [1.82, 2.24) is 14.8 Å². The number of aromatic nitrogens is 1. The van der Waals surface area contributed by atoms with Crippen LogP contribution in [-0.2, 0) is 20.8 Å². The zero-order valence-electron chi connectivity index (χ0n) is 12.7. The standard InChI is InChI=1S/C15H23N3O3/c1-17(2)15(19)12-21-14-10-18(7-8-20-11-14)9-13-5-3-4-6-16-13/h3-6,14H,7-12H2,1-2H3. The molecule has 6 heteroatoms. The molecule has 1 atom stereocenters. The van der Waals surface area contributed by atoms with Gasteiger partial charge in [0.05, 0.1) is 25.0 Å². The predicted molar refractivity (Wildman–Crippen MR) is 78.8 cm³/mol. The van der Waals surface area contributed by atoms with Gasteiger partial charge in [0.15, 0.2) is 0 Å². The normalized spacial score (nSPS) is 20.0. The van der Waals surface area contributed by atoms with Gasteiger partial charge in [-0.1, -0.05) is 6.07 Å². The number of carbonyl (C=O) groups excluding carboxylic acids is 1. The summed E-state index contributed by atoms with van der Waals surface area (Å²) < 4.78 is 11.2. The summed E-state index contributed by atoms with van der Waals surface area (Å²) >= 11 is 0. The van der Waals surface area contributed by atoms with Crippen LogP contribution in [0.1, 0.15) is 5.69 Å². The highest BCUT2D eigenvalue weighted by Crippen LogP contribution is 2.08. The smallest absolute Gasteiger partial charge is 0.248 e. The molecule has 21 heavy (non-hydrogen) atoms. The molecule has 1 unspecified atom stereocenters. The van der Waals surface area contributed by atoms with Crippen molar-refractivity contribution in [3.05, 3.63) is 30.1 Å². The molecular weight excluding hydrogens is 270 g/mol. The van der Waals surface area contributed by atoms with E-state index in [2.05, 4.69) is 9.88 Å². The highest BCUT2D eigenvalue weighted by atomic mass is 16.5. The first kappa shape index (κ1) is 15.9. The maximum absolute atomic E-state index is 11.6. The Morgan fingerprint density at radius 3 is 3.10 bits per heavy atom. The SMILES string of the molecule is CN(C)C(=O)COC1COCCN(Cc2ccccn2)C1. The number of hydrogen-bond donors (Lipinski definition) is 0. The molecule has 0 spiro atoms. The topological polar surface area (TPSA) is 54.9 Å². The third-order valence-electron chi connectivity index (χ3n) is 3.37. The zero-order valence-corrected chi connectivity index (χ0v) is 12.7. The van der Waals surface area contributed by atoms with E-state index in [0.717, 1.165) is 25.3 Å². The minimum Gasteiger partial charge on any atom is -0.377 e. The lowest BCUT2D eigenvalue weighted by atomic mass is 10.3. The second-order valence-corrected chi connectivity index (χ2v) is 5.35. The highest BCUT2D eigenvalue weighted by Gasteiger charge is 2.20. The molecular formula is C15H23N3O3. The van der Waals surface area contributed by atoms with E-state index in [-0.39, 0.29) is 18.6 Å². The molecule has 1 aliphatic rings. The van der Waals surface area contributed by atoms with Gasteiger partial charge in [0.1, 0.15) is 6.61 Å².